The summed E-state index contributed by atoms with van der Waals surface area (Å²) in [5.74, 6) is 0.313. The highest BCUT2D eigenvalue weighted by Gasteiger charge is 2.14. The molecular weight excluding hydrogens is 231 g/mol. The lowest BCUT2D eigenvalue weighted by Gasteiger charge is -2.15. The Morgan fingerprint density at radius 2 is 1.78 bits per heavy atom. The maximum Gasteiger partial charge on any atom is 0.126 e. The molecule has 3 heteroatoms. The number of halogens is 1. The minimum absolute atomic E-state index is 0.229. The molecule has 0 aliphatic heterocycles. The Bertz CT molecular complexity index is 525. The second-order valence-electron chi connectivity index (χ2n) is 4.05. The molecule has 2 aromatic rings. The average molecular weight is 246 g/mol. The number of aliphatic hydroxyl groups excluding tert-OH is 1. The lowest BCUT2D eigenvalue weighted by molar-refractivity contribution is 0.172. The number of methoxy groups -OCH3 is 1. The summed E-state index contributed by atoms with van der Waals surface area (Å²) in [4.78, 5) is 0. The van der Waals surface area contributed by atoms with Gasteiger partial charge < -0.3 is 9.84 Å². The van der Waals surface area contributed by atoms with Crippen molar-refractivity contribution in [2.24, 2.45) is 0 Å². The van der Waals surface area contributed by atoms with Crippen LogP contribution in [-0.4, -0.2) is 12.2 Å². The highest BCUT2D eigenvalue weighted by molar-refractivity contribution is 5.36. The van der Waals surface area contributed by atoms with E-state index >= 15 is 0 Å². The molecule has 0 aliphatic rings. The van der Waals surface area contributed by atoms with Crippen molar-refractivity contribution in [1.82, 2.24) is 0 Å². The quantitative estimate of drug-likeness (QED) is 0.898. The second-order valence-corrected chi connectivity index (χ2v) is 4.05. The van der Waals surface area contributed by atoms with Crippen molar-refractivity contribution < 1.29 is 14.2 Å². The van der Waals surface area contributed by atoms with Crippen molar-refractivity contribution in [2.45, 2.75) is 12.5 Å². The molecule has 94 valence electrons. The van der Waals surface area contributed by atoms with Crippen LogP contribution in [0.25, 0.3) is 0 Å². The Balaban J connectivity index is 2.22. The Hall–Kier alpha value is -1.87. The third kappa shape index (κ3) is 2.68. The molecule has 2 aromatic carbocycles. The average Bonchev–Trinajstić information content (AvgIpc) is 2.41. The van der Waals surface area contributed by atoms with Crippen LogP contribution in [-0.2, 0) is 6.42 Å². The van der Waals surface area contributed by atoms with Gasteiger partial charge in [-0.15, -0.1) is 0 Å². The first kappa shape index (κ1) is 12.6. The molecule has 1 N–H and O–H groups in total. The van der Waals surface area contributed by atoms with Crippen molar-refractivity contribution in [2.75, 3.05) is 7.11 Å². The zero-order chi connectivity index (χ0) is 13.0. The number of rotatable bonds is 4. The number of para-hydroxylation sites is 1. The second kappa shape index (κ2) is 5.65. The SMILES string of the molecule is COc1ccccc1C(O)Cc1ccccc1F. The van der Waals surface area contributed by atoms with E-state index in [-0.39, 0.29) is 12.2 Å². The summed E-state index contributed by atoms with van der Waals surface area (Å²) in [5.41, 5.74) is 1.17. The summed E-state index contributed by atoms with van der Waals surface area (Å²) >= 11 is 0. The van der Waals surface area contributed by atoms with Gasteiger partial charge in [0.05, 0.1) is 13.2 Å². The molecule has 0 fully saturated rings. The van der Waals surface area contributed by atoms with Gasteiger partial charge >= 0.3 is 0 Å². The van der Waals surface area contributed by atoms with E-state index in [1.807, 2.05) is 12.1 Å². The summed E-state index contributed by atoms with van der Waals surface area (Å²) in [6, 6.07) is 13.7. The van der Waals surface area contributed by atoms with Crippen LogP contribution in [0.5, 0.6) is 5.75 Å². The van der Waals surface area contributed by atoms with Crippen LogP contribution < -0.4 is 4.74 Å². The standard InChI is InChI=1S/C15H15FO2/c1-18-15-9-5-3-7-12(15)14(17)10-11-6-2-4-8-13(11)16/h2-9,14,17H,10H2,1H3. The molecule has 0 radical (unpaired) electrons. The fourth-order valence-corrected chi connectivity index (χ4v) is 1.92. The lowest BCUT2D eigenvalue weighted by atomic mass is 10.0. The number of hydrogen-bond donors (Lipinski definition) is 1. The molecule has 0 saturated heterocycles. The van der Waals surface area contributed by atoms with Gasteiger partial charge in [-0.3, -0.25) is 0 Å². The van der Waals surface area contributed by atoms with E-state index in [9.17, 15) is 9.50 Å². The summed E-state index contributed by atoms with van der Waals surface area (Å²) in [6.45, 7) is 0. The number of benzene rings is 2. The van der Waals surface area contributed by atoms with Gasteiger partial charge in [0.1, 0.15) is 11.6 Å². The van der Waals surface area contributed by atoms with Crippen LogP contribution in [0.1, 0.15) is 17.2 Å². The summed E-state index contributed by atoms with van der Waals surface area (Å²) < 4.78 is 18.7. The Labute approximate surface area is 106 Å². The molecule has 0 aliphatic carbocycles. The maximum atomic E-state index is 13.5. The molecule has 2 rings (SSSR count). The van der Waals surface area contributed by atoms with Gasteiger partial charge in [0.2, 0.25) is 0 Å². The molecule has 1 atom stereocenters. The van der Waals surface area contributed by atoms with E-state index in [0.29, 0.717) is 16.9 Å². The predicted octanol–water partition coefficient (Wildman–Crippen LogP) is 3.11. The van der Waals surface area contributed by atoms with Crippen molar-refractivity contribution in [3.05, 3.63) is 65.5 Å². The highest BCUT2D eigenvalue weighted by atomic mass is 19.1. The van der Waals surface area contributed by atoms with Crippen molar-refractivity contribution in [3.63, 3.8) is 0 Å². The summed E-state index contributed by atoms with van der Waals surface area (Å²) in [6.07, 6.45) is -0.550. The molecule has 0 amide bonds. The fraction of sp³-hybridized carbons (Fsp3) is 0.200. The van der Waals surface area contributed by atoms with E-state index < -0.39 is 6.10 Å². The van der Waals surface area contributed by atoms with Crippen molar-refractivity contribution in [3.8, 4) is 5.75 Å². The minimum Gasteiger partial charge on any atom is -0.496 e. The molecular formula is C15H15FO2. The van der Waals surface area contributed by atoms with Gasteiger partial charge in [0.15, 0.2) is 0 Å². The summed E-state index contributed by atoms with van der Waals surface area (Å²) in [7, 11) is 1.55. The first-order chi connectivity index (χ1) is 8.72. The lowest BCUT2D eigenvalue weighted by Crippen LogP contribution is -2.05. The largest absolute Gasteiger partial charge is 0.496 e. The van der Waals surface area contributed by atoms with Crippen LogP contribution in [0, 0.1) is 5.82 Å². The zero-order valence-electron chi connectivity index (χ0n) is 10.1. The van der Waals surface area contributed by atoms with Gasteiger partial charge in [-0.25, -0.2) is 4.39 Å². The Morgan fingerprint density at radius 1 is 1.11 bits per heavy atom. The maximum absolute atomic E-state index is 13.5. The molecule has 0 aromatic heterocycles. The zero-order valence-corrected chi connectivity index (χ0v) is 10.1. The Kier molecular flexibility index (Phi) is 3.95. The first-order valence-electron chi connectivity index (χ1n) is 5.76. The first-order valence-corrected chi connectivity index (χ1v) is 5.76. The van der Waals surface area contributed by atoms with Crippen LogP contribution in [0.4, 0.5) is 4.39 Å². The molecule has 0 spiro atoms. The van der Waals surface area contributed by atoms with Gasteiger partial charge in [0, 0.05) is 12.0 Å². The third-order valence-corrected chi connectivity index (χ3v) is 2.87. The fourth-order valence-electron chi connectivity index (χ4n) is 1.92. The summed E-state index contributed by atoms with van der Waals surface area (Å²) in [5, 5.41) is 10.2. The van der Waals surface area contributed by atoms with E-state index in [1.165, 1.54) is 6.07 Å². The number of ether oxygens (including phenoxy) is 1. The van der Waals surface area contributed by atoms with Crippen molar-refractivity contribution >= 4 is 0 Å². The predicted molar refractivity (Wildman–Crippen MR) is 68.1 cm³/mol. The number of aliphatic hydroxyl groups is 1. The molecule has 1 unspecified atom stereocenters. The van der Waals surface area contributed by atoms with E-state index in [2.05, 4.69) is 0 Å². The van der Waals surface area contributed by atoms with Gasteiger partial charge in [0.25, 0.3) is 0 Å². The monoisotopic (exact) mass is 246 g/mol. The smallest absolute Gasteiger partial charge is 0.126 e. The van der Waals surface area contributed by atoms with Gasteiger partial charge in [-0.1, -0.05) is 36.4 Å². The van der Waals surface area contributed by atoms with Gasteiger partial charge in [-0.05, 0) is 17.7 Å². The van der Waals surface area contributed by atoms with Crippen LogP contribution in [0.3, 0.4) is 0 Å². The molecule has 0 bridgehead atoms. The van der Waals surface area contributed by atoms with E-state index in [4.69, 9.17) is 4.74 Å². The molecule has 18 heavy (non-hydrogen) atoms. The normalized spacial score (nSPS) is 12.2. The highest BCUT2D eigenvalue weighted by Crippen LogP contribution is 2.27. The van der Waals surface area contributed by atoms with Gasteiger partial charge in [-0.2, -0.15) is 0 Å². The topological polar surface area (TPSA) is 29.5 Å². The van der Waals surface area contributed by atoms with Crippen LogP contribution in [0.2, 0.25) is 0 Å². The van der Waals surface area contributed by atoms with Crippen LogP contribution >= 0.6 is 0 Å². The molecule has 2 nitrogen and oxygen atoms in total. The molecule has 0 saturated carbocycles. The molecule has 0 heterocycles. The Morgan fingerprint density at radius 3 is 2.50 bits per heavy atom. The third-order valence-electron chi connectivity index (χ3n) is 2.87. The number of hydrogen-bond acceptors (Lipinski definition) is 2. The van der Waals surface area contributed by atoms with Crippen LogP contribution in [0.15, 0.2) is 48.5 Å². The van der Waals surface area contributed by atoms with E-state index in [0.717, 1.165) is 0 Å². The van der Waals surface area contributed by atoms with E-state index in [1.54, 1.807) is 37.4 Å². The minimum atomic E-state index is -0.780. The van der Waals surface area contributed by atoms with Crippen molar-refractivity contribution in [1.29, 1.82) is 0 Å².